The van der Waals surface area contributed by atoms with Crippen LogP contribution >= 0.6 is 31.9 Å². The number of methoxy groups -OCH3 is 2. The highest BCUT2D eigenvalue weighted by atomic mass is 79.9. The molecule has 6 aromatic carbocycles. The molecule has 0 unspecified atom stereocenters. The number of nitrogens with zero attached hydrogens (tertiary/aromatic N) is 2. The SMILES string of the molecule is COc1cc(Br)c(C)cc1-n1c(=O)ccc2cc(S(=O)(=O)Oc3c(F)c(F)c(F)c(F)c3F)ccc21.COc1cc(Br)c(C)cc1-n1c(=O)ccc2cc(S(=O)(=O)Oc3c(F)c(F)c(F)c(F)c3F)ccc21. The van der Waals surface area contributed by atoms with Crippen molar-refractivity contribution in [2.75, 3.05) is 14.2 Å². The molecule has 0 aliphatic carbocycles. The van der Waals surface area contributed by atoms with Crippen LogP contribution in [0.5, 0.6) is 23.0 Å². The normalized spacial score (nSPS) is 11.7. The van der Waals surface area contributed by atoms with Crippen LogP contribution < -0.4 is 29.0 Å². The summed E-state index contributed by atoms with van der Waals surface area (Å²) < 4.78 is 210. The summed E-state index contributed by atoms with van der Waals surface area (Å²) in [6, 6.07) is 17.9. The Bertz CT molecular complexity index is 3640. The molecule has 376 valence electrons. The van der Waals surface area contributed by atoms with Gasteiger partial charge in [0.25, 0.3) is 11.1 Å². The number of rotatable bonds is 10. The van der Waals surface area contributed by atoms with Crippen molar-refractivity contribution in [1.82, 2.24) is 9.13 Å². The van der Waals surface area contributed by atoms with Crippen LogP contribution in [0.4, 0.5) is 43.9 Å². The van der Waals surface area contributed by atoms with Gasteiger partial charge >= 0.3 is 20.2 Å². The molecule has 0 saturated carbocycles. The van der Waals surface area contributed by atoms with Crippen LogP contribution in [0.1, 0.15) is 11.1 Å². The first-order valence-electron chi connectivity index (χ1n) is 19.7. The van der Waals surface area contributed by atoms with Crippen LogP contribution in [0, 0.1) is 72.0 Å². The maximum Gasteiger partial charge on any atom is 0.339 e. The number of pyridine rings is 2. The van der Waals surface area contributed by atoms with E-state index in [1.54, 1.807) is 38.1 Å². The Morgan fingerprint density at radius 3 is 1.04 bits per heavy atom. The number of fused-ring (bicyclic) bond motifs is 2. The first-order valence-corrected chi connectivity index (χ1v) is 24.1. The number of hydrogen-bond acceptors (Lipinski definition) is 10. The van der Waals surface area contributed by atoms with Crippen molar-refractivity contribution in [2.45, 2.75) is 23.6 Å². The monoisotopic (exact) mass is 1180 g/mol. The molecule has 0 spiro atoms. The molecular weight excluding hydrogens is 1150 g/mol. The lowest BCUT2D eigenvalue weighted by atomic mass is 10.1. The Morgan fingerprint density at radius 1 is 0.431 bits per heavy atom. The second kappa shape index (κ2) is 20.0. The van der Waals surface area contributed by atoms with Crippen molar-refractivity contribution in [1.29, 1.82) is 0 Å². The Hall–Kier alpha value is -6.90. The first-order chi connectivity index (χ1) is 33.7. The maximum absolute atomic E-state index is 14.0. The fourth-order valence-electron chi connectivity index (χ4n) is 6.86. The largest absolute Gasteiger partial charge is 0.495 e. The zero-order valence-electron chi connectivity index (χ0n) is 36.4. The van der Waals surface area contributed by atoms with Gasteiger partial charge in [0, 0.05) is 31.9 Å². The zero-order chi connectivity index (χ0) is 53.0. The maximum atomic E-state index is 14.0. The molecule has 26 heteroatoms. The van der Waals surface area contributed by atoms with E-state index in [2.05, 4.69) is 40.2 Å². The van der Waals surface area contributed by atoms with Gasteiger partial charge in [-0.05, 0) is 97.8 Å². The van der Waals surface area contributed by atoms with Gasteiger partial charge < -0.3 is 17.8 Å². The molecular formula is C46H26Br2F10N2O10S2. The van der Waals surface area contributed by atoms with E-state index in [1.165, 1.54) is 47.6 Å². The first kappa shape index (κ1) is 52.9. The van der Waals surface area contributed by atoms with Gasteiger partial charge in [-0.15, -0.1) is 0 Å². The molecule has 12 nitrogen and oxygen atoms in total. The van der Waals surface area contributed by atoms with Gasteiger partial charge in [-0.3, -0.25) is 18.7 Å². The van der Waals surface area contributed by atoms with Crippen LogP contribution in [-0.4, -0.2) is 40.2 Å². The molecule has 0 saturated heterocycles. The minimum absolute atomic E-state index is 0.180. The van der Waals surface area contributed by atoms with Crippen LogP contribution in [-0.2, 0) is 20.2 Å². The van der Waals surface area contributed by atoms with Gasteiger partial charge in [0.2, 0.25) is 69.7 Å². The molecule has 72 heavy (non-hydrogen) atoms. The molecule has 0 amide bonds. The van der Waals surface area contributed by atoms with E-state index >= 15 is 0 Å². The Morgan fingerprint density at radius 2 is 0.736 bits per heavy atom. The molecule has 0 atom stereocenters. The Labute approximate surface area is 415 Å². The Kier molecular flexibility index (Phi) is 14.7. The number of ether oxygens (including phenoxy) is 2. The van der Waals surface area contributed by atoms with E-state index in [-0.39, 0.29) is 21.8 Å². The molecule has 0 aliphatic rings. The van der Waals surface area contributed by atoms with Crippen molar-refractivity contribution >= 4 is 73.9 Å². The predicted molar refractivity (Wildman–Crippen MR) is 245 cm³/mol. The molecule has 2 heterocycles. The van der Waals surface area contributed by atoms with E-state index in [9.17, 15) is 70.3 Å². The van der Waals surface area contributed by atoms with E-state index in [4.69, 9.17) is 9.47 Å². The van der Waals surface area contributed by atoms with Gasteiger partial charge in [-0.2, -0.15) is 34.4 Å². The lowest BCUT2D eigenvalue weighted by molar-refractivity contribution is 0.346. The summed E-state index contributed by atoms with van der Waals surface area (Å²) in [7, 11) is -7.32. The van der Waals surface area contributed by atoms with Crippen LogP contribution in [0.15, 0.2) is 113 Å². The van der Waals surface area contributed by atoms with Gasteiger partial charge in [0.05, 0.1) is 36.6 Å². The molecule has 0 N–H and O–H groups in total. The molecule has 0 radical (unpaired) electrons. The van der Waals surface area contributed by atoms with Gasteiger partial charge in [-0.1, -0.05) is 31.9 Å². The van der Waals surface area contributed by atoms with Gasteiger partial charge in [-0.25, -0.2) is 26.3 Å². The lowest BCUT2D eigenvalue weighted by Crippen LogP contribution is -2.19. The molecule has 0 aliphatic heterocycles. The van der Waals surface area contributed by atoms with E-state index in [0.29, 0.717) is 22.9 Å². The number of hydrogen-bond donors (Lipinski definition) is 0. The van der Waals surface area contributed by atoms with Crippen LogP contribution in [0.3, 0.4) is 0 Å². The van der Waals surface area contributed by atoms with E-state index < -0.39 is 111 Å². The smallest absolute Gasteiger partial charge is 0.339 e. The van der Waals surface area contributed by atoms with Crippen LogP contribution in [0.25, 0.3) is 33.2 Å². The third-order valence-electron chi connectivity index (χ3n) is 10.4. The van der Waals surface area contributed by atoms with E-state index in [0.717, 1.165) is 56.5 Å². The third-order valence-corrected chi connectivity index (χ3v) is 14.6. The fraction of sp³-hybridized carbons (Fsp3) is 0.0870. The second-order valence-electron chi connectivity index (χ2n) is 14.9. The summed E-state index contributed by atoms with van der Waals surface area (Å²) in [4.78, 5) is 24.2. The highest BCUT2D eigenvalue weighted by molar-refractivity contribution is 9.10. The summed E-state index contributed by atoms with van der Waals surface area (Å²) in [5.74, 6) is -27.4. The summed E-state index contributed by atoms with van der Waals surface area (Å²) in [5, 5.41) is 0.360. The number of aromatic nitrogens is 2. The highest BCUT2D eigenvalue weighted by Gasteiger charge is 2.33. The number of benzene rings is 6. The molecule has 8 rings (SSSR count). The van der Waals surface area contributed by atoms with Crippen LogP contribution in [0.2, 0.25) is 0 Å². The summed E-state index contributed by atoms with van der Waals surface area (Å²) in [6.07, 6.45) is 0. The molecule has 8 aromatic rings. The lowest BCUT2D eigenvalue weighted by Gasteiger charge is -2.16. The number of halogens is 12. The average molecular weight is 1180 g/mol. The summed E-state index contributed by atoms with van der Waals surface area (Å²) in [6.45, 7) is 3.56. The molecule has 0 bridgehead atoms. The highest BCUT2D eigenvalue weighted by Crippen LogP contribution is 2.36. The third kappa shape index (κ3) is 9.61. The number of aryl methyl sites for hydroxylation is 2. The average Bonchev–Trinajstić information content (AvgIpc) is 3.35. The standard InChI is InChI=1S/2C23H13BrF5NO5S/c2*1-10-7-15(16(34-2)9-13(10)24)30-14-5-4-12(8-11(14)3-6-17(30)31)36(32,33)35-23-21(28)19(26)18(25)20(27)22(23)29/h2*3-9H,1-2H3. The van der Waals surface area contributed by atoms with Gasteiger partial charge in [0.1, 0.15) is 21.3 Å². The predicted octanol–water partition coefficient (Wildman–Crippen LogP) is 11.1. The molecule has 0 fully saturated rings. The fourth-order valence-corrected chi connectivity index (χ4v) is 9.44. The zero-order valence-corrected chi connectivity index (χ0v) is 41.2. The second-order valence-corrected chi connectivity index (χ2v) is 19.7. The minimum atomic E-state index is -5.06. The summed E-state index contributed by atoms with van der Waals surface area (Å²) in [5.41, 5.74) is 1.75. The van der Waals surface area contributed by atoms with Crippen molar-refractivity contribution in [3.05, 3.63) is 184 Å². The summed E-state index contributed by atoms with van der Waals surface area (Å²) >= 11 is 6.75. The van der Waals surface area contributed by atoms with Crippen molar-refractivity contribution < 1.29 is 78.6 Å². The van der Waals surface area contributed by atoms with E-state index in [1.807, 2.05) is 0 Å². The topological polar surface area (TPSA) is 149 Å². The Balaban J connectivity index is 0.000000211. The van der Waals surface area contributed by atoms with Crippen molar-refractivity contribution in [2.24, 2.45) is 0 Å². The van der Waals surface area contributed by atoms with Gasteiger partial charge in [0.15, 0.2) is 0 Å². The minimum Gasteiger partial charge on any atom is -0.495 e. The molecule has 2 aromatic heterocycles. The van der Waals surface area contributed by atoms with Crippen molar-refractivity contribution in [3.63, 3.8) is 0 Å². The van der Waals surface area contributed by atoms with Crippen molar-refractivity contribution in [3.8, 4) is 34.4 Å². The quantitative estimate of drug-likeness (QED) is 0.0560.